The lowest BCUT2D eigenvalue weighted by molar-refractivity contribution is 0.301. The first-order chi connectivity index (χ1) is 7.47. The van der Waals surface area contributed by atoms with Crippen LogP contribution >= 0.6 is 0 Å². The van der Waals surface area contributed by atoms with Crippen molar-refractivity contribution >= 4 is 0 Å². The second-order valence-electron chi connectivity index (χ2n) is 5.08. The molecule has 0 aliphatic rings. The van der Waals surface area contributed by atoms with Gasteiger partial charge in [0.15, 0.2) is 5.75 Å². The molecule has 0 radical (unpaired) electrons. The maximum absolute atomic E-state index is 5.55. The third-order valence-corrected chi connectivity index (χ3v) is 2.18. The molecule has 0 atom stereocenters. The number of unbranched alkanes of at least 4 members (excludes halogenated alkanes) is 1. The van der Waals surface area contributed by atoms with Gasteiger partial charge in [-0.25, -0.2) is 0 Å². The molecule has 4 heteroatoms. The molecule has 0 aliphatic carbocycles. The summed E-state index contributed by atoms with van der Waals surface area (Å²) in [6.07, 6.45) is 5.83. The zero-order chi connectivity index (χ0) is 12.0. The highest BCUT2D eigenvalue weighted by Crippen LogP contribution is 2.07. The lowest BCUT2D eigenvalue weighted by Crippen LogP contribution is -2.36. The Hall–Kier alpha value is -1.03. The molecule has 0 bridgehead atoms. The van der Waals surface area contributed by atoms with Gasteiger partial charge >= 0.3 is 0 Å². The molecule has 1 aromatic heterocycles. The van der Waals surface area contributed by atoms with Crippen LogP contribution in [0.4, 0.5) is 0 Å². The summed E-state index contributed by atoms with van der Waals surface area (Å²) in [7, 11) is 1.89. The maximum Gasteiger partial charge on any atom is 0.157 e. The lowest BCUT2D eigenvalue weighted by atomic mass is 10.1. The molecule has 1 rings (SSSR count). The van der Waals surface area contributed by atoms with Gasteiger partial charge in [-0.3, -0.25) is 4.68 Å². The Bertz CT molecular complexity index is 301. The predicted molar refractivity (Wildman–Crippen MR) is 65.7 cm³/mol. The van der Waals surface area contributed by atoms with E-state index in [0.29, 0.717) is 0 Å². The summed E-state index contributed by atoms with van der Waals surface area (Å²) in [5.74, 6) is 0.853. The van der Waals surface area contributed by atoms with Crippen molar-refractivity contribution in [3.05, 3.63) is 12.4 Å². The number of rotatable bonds is 6. The highest BCUT2D eigenvalue weighted by Gasteiger charge is 2.06. The molecule has 0 amide bonds. The number of hydrogen-bond acceptors (Lipinski definition) is 3. The van der Waals surface area contributed by atoms with Crippen LogP contribution < -0.4 is 10.1 Å². The minimum atomic E-state index is 0.213. The van der Waals surface area contributed by atoms with Crippen LogP contribution in [-0.2, 0) is 7.05 Å². The average Bonchev–Trinajstić information content (AvgIpc) is 2.56. The monoisotopic (exact) mass is 225 g/mol. The van der Waals surface area contributed by atoms with Gasteiger partial charge in [-0.2, -0.15) is 5.10 Å². The van der Waals surface area contributed by atoms with E-state index in [-0.39, 0.29) is 5.54 Å². The van der Waals surface area contributed by atoms with E-state index in [2.05, 4.69) is 31.2 Å². The van der Waals surface area contributed by atoms with E-state index in [1.165, 1.54) is 0 Å². The molecule has 0 aliphatic heterocycles. The quantitative estimate of drug-likeness (QED) is 0.752. The molecule has 0 aromatic carbocycles. The number of aromatic nitrogens is 2. The van der Waals surface area contributed by atoms with Gasteiger partial charge < -0.3 is 10.1 Å². The van der Waals surface area contributed by atoms with Gasteiger partial charge in [0.25, 0.3) is 0 Å². The van der Waals surface area contributed by atoms with Crippen molar-refractivity contribution in [3.8, 4) is 5.75 Å². The second kappa shape index (κ2) is 5.89. The Morgan fingerprint density at radius 2 is 2.12 bits per heavy atom. The summed E-state index contributed by atoms with van der Waals surface area (Å²) in [6.45, 7) is 8.34. The number of nitrogens with zero attached hydrogens (tertiary/aromatic N) is 2. The van der Waals surface area contributed by atoms with Gasteiger partial charge in [-0.05, 0) is 40.2 Å². The number of ether oxygens (including phenoxy) is 1. The van der Waals surface area contributed by atoms with Crippen LogP contribution in [0.25, 0.3) is 0 Å². The van der Waals surface area contributed by atoms with Crippen LogP contribution in [0.1, 0.15) is 33.6 Å². The summed E-state index contributed by atoms with van der Waals surface area (Å²) >= 11 is 0. The van der Waals surface area contributed by atoms with Gasteiger partial charge in [-0.1, -0.05) is 0 Å². The highest BCUT2D eigenvalue weighted by atomic mass is 16.5. The number of aryl methyl sites for hydroxylation is 1. The Kier molecular flexibility index (Phi) is 4.80. The standard InChI is InChI=1S/C12H23N3O/c1-12(2,3)13-7-5-6-8-16-11-9-14-15(4)10-11/h9-10,13H,5-8H2,1-4H3. The zero-order valence-corrected chi connectivity index (χ0v) is 10.8. The van der Waals surface area contributed by atoms with Crippen molar-refractivity contribution < 1.29 is 4.74 Å². The van der Waals surface area contributed by atoms with Crippen molar-refractivity contribution in [1.29, 1.82) is 0 Å². The first-order valence-corrected chi connectivity index (χ1v) is 5.84. The van der Waals surface area contributed by atoms with Crippen molar-refractivity contribution in [2.45, 2.75) is 39.2 Å². The van der Waals surface area contributed by atoms with E-state index in [0.717, 1.165) is 31.7 Å². The first-order valence-electron chi connectivity index (χ1n) is 5.84. The Morgan fingerprint density at radius 1 is 1.38 bits per heavy atom. The average molecular weight is 225 g/mol. The molecule has 1 N–H and O–H groups in total. The molecule has 0 spiro atoms. The molecule has 16 heavy (non-hydrogen) atoms. The fraction of sp³-hybridized carbons (Fsp3) is 0.750. The molecule has 0 unspecified atom stereocenters. The maximum atomic E-state index is 5.55. The van der Waals surface area contributed by atoms with Crippen LogP contribution in [-0.4, -0.2) is 28.5 Å². The van der Waals surface area contributed by atoms with E-state index in [4.69, 9.17) is 4.74 Å². The highest BCUT2D eigenvalue weighted by molar-refractivity contribution is 5.10. The topological polar surface area (TPSA) is 39.1 Å². The number of nitrogens with one attached hydrogen (secondary N) is 1. The SMILES string of the molecule is Cn1cc(OCCCCNC(C)(C)C)cn1. The van der Waals surface area contributed by atoms with Crippen molar-refractivity contribution in [2.75, 3.05) is 13.2 Å². The second-order valence-corrected chi connectivity index (χ2v) is 5.08. The van der Waals surface area contributed by atoms with Gasteiger partial charge in [-0.15, -0.1) is 0 Å². The minimum absolute atomic E-state index is 0.213. The molecule has 92 valence electrons. The van der Waals surface area contributed by atoms with E-state index in [1.54, 1.807) is 10.9 Å². The van der Waals surface area contributed by atoms with E-state index < -0.39 is 0 Å². The lowest BCUT2D eigenvalue weighted by Gasteiger charge is -2.20. The molecule has 1 aromatic rings. The summed E-state index contributed by atoms with van der Waals surface area (Å²) in [6, 6.07) is 0. The number of hydrogen-bond donors (Lipinski definition) is 1. The van der Waals surface area contributed by atoms with Gasteiger partial charge in [0.1, 0.15) is 0 Å². The van der Waals surface area contributed by atoms with Crippen LogP contribution in [0.15, 0.2) is 12.4 Å². The van der Waals surface area contributed by atoms with Crippen LogP contribution in [0.2, 0.25) is 0 Å². The van der Waals surface area contributed by atoms with Crippen LogP contribution in [0.3, 0.4) is 0 Å². The Labute approximate surface area is 98.0 Å². The smallest absolute Gasteiger partial charge is 0.157 e. The van der Waals surface area contributed by atoms with Crippen molar-refractivity contribution in [3.63, 3.8) is 0 Å². The molecule has 1 heterocycles. The zero-order valence-electron chi connectivity index (χ0n) is 10.8. The van der Waals surface area contributed by atoms with Crippen molar-refractivity contribution in [2.24, 2.45) is 7.05 Å². The summed E-state index contributed by atoms with van der Waals surface area (Å²) < 4.78 is 7.29. The molecular formula is C12H23N3O. The molecule has 0 saturated heterocycles. The molecular weight excluding hydrogens is 202 g/mol. The van der Waals surface area contributed by atoms with E-state index >= 15 is 0 Å². The largest absolute Gasteiger partial charge is 0.490 e. The fourth-order valence-electron chi connectivity index (χ4n) is 1.35. The van der Waals surface area contributed by atoms with Crippen LogP contribution in [0, 0.1) is 0 Å². The van der Waals surface area contributed by atoms with Gasteiger partial charge in [0, 0.05) is 12.6 Å². The minimum Gasteiger partial charge on any atom is -0.490 e. The third kappa shape index (κ3) is 5.75. The van der Waals surface area contributed by atoms with Gasteiger partial charge in [0.2, 0.25) is 0 Å². The molecule has 0 saturated carbocycles. The fourth-order valence-corrected chi connectivity index (χ4v) is 1.35. The van der Waals surface area contributed by atoms with Crippen LogP contribution in [0.5, 0.6) is 5.75 Å². The molecule has 4 nitrogen and oxygen atoms in total. The third-order valence-electron chi connectivity index (χ3n) is 2.18. The van der Waals surface area contributed by atoms with Gasteiger partial charge in [0.05, 0.1) is 19.0 Å². The predicted octanol–water partition coefficient (Wildman–Crippen LogP) is 1.97. The molecule has 0 fully saturated rings. The van der Waals surface area contributed by atoms with E-state index in [1.807, 2.05) is 13.2 Å². The Balaban J connectivity index is 2.00. The summed E-state index contributed by atoms with van der Waals surface area (Å²) in [4.78, 5) is 0. The van der Waals surface area contributed by atoms with E-state index in [9.17, 15) is 0 Å². The normalized spacial score (nSPS) is 11.8. The van der Waals surface area contributed by atoms with Crippen molar-refractivity contribution in [1.82, 2.24) is 15.1 Å². The Morgan fingerprint density at radius 3 is 2.69 bits per heavy atom. The first kappa shape index (κ1) is 13.0. The summed E-state index contributed by atoms with van der Waals surface area (Å²) in [5.41, 5.74) is 0.213. The summed E-state index contributed by atoms with van der Waals surface area (Å²) in [5, 5.41) is 7.50.